The molecule has 1 aromatic carbocycles. The Labute approximate surface area is 133 Å². The van der Waals surface area contributed by atoms with Gasteiger partial charge in [0.25, 0.3) is 0 Å². The van der Waals surface area contributed by atoms with Crippen LogP contribution in [-0.2, 0) is 16.0 Å². The predicted octanol–water partition coefficient (Wildman–Crippen LogP) is 1.13. The lowest BCUT2D eigenvalue weighted by Gasteiger charge is -2.22. The first kappa shape index (κ1) is 15.6. The first-order chi connectivity index (χ1) is 11.2. The van der Waals surface area contributed by atoms with Crippen molar-refractivity contribution < 1.29 is 18.3 Å². The first-order valence-electron chi connectivity index (χ1n) is 7.53. The number of morpholine rings is 1. The molecule has 23 heavy (non-hydrogen) atoms. The summed E-state index contributed by atoms with van der Waals surface area (Å²) in [6.07, 6.45) is 1.66. The summed E-state index contributed by atoms with van der Waals surface area (Å²) in [6.45, 7) is 2.30. The van der Waals surface area contributed by atoms with Crippen LogP contribution in [-0.4, -0.2) is 43.2 Å². The van der Waals surface area contributed by atoms with Crippen molar-refractivity contribution in [1.29, 1.82) is 0 Å². The van der Waals surface area contributed by atoms with Crippen LogP contribution in [0.25, 0.3) is 11.5 Å². The third kappa shape index (κ3) is 4.14. The molecule has 1 amide bonds. The second-order valence-corrected chi connectivity index (χ2v) is 5.26. The zero-order valence-corrected chi connectivity index (χ0v) is 12.5. The minimum atomic E-state index is -0.434. The summed E-state index contributed by atoms with van der Waals surface area (Å²) in [7, 11) is 0. The van der Waals surface area contributed by atoms with Crippen molar-refractivity contribution in [1.82, 2.24) is 15.6 Å². The molecule has 0 saturated carbocycles. The van der Waals surface area contributed by atoms with Gasteiger partial charge in [0.05, 0.1) is 12.3 Å². The number of carbonyl (C=O) groups excluding carboxylic acids is 1. The number of nitrogens with one attached hydrogen (secondary N) is 2. The highest BCUT2D eigenvalue weighted by molar-refractivity contribution is 5.81. The van der Waals surface area contributed by atoms with Gasteiger partial charge < -0.3 is 19.8 Å². The van der Waals surface area contributed by atoms with Crippen LogP contribution in [0.15, 0.2) is 34.9 Å². The van der Waals surface area contributed by atoms with Gasteiger partial charge in [-0.15, -0.1) is 0 Å². The fraction of sp³-hybridized carbons (Fsp3) is 0.375. The highest BCUT2D eigenvalue weighted by atomic mass is 19.1. The van der Waals surface area contributed by atoms with Crippen molar-refractivity contribution in [3.8, 4) is 11.5 Å². The topological polar surface area (TPSA) is 76.4 Å². The number of hydrogen-bond donors (Lipinski definition) is 2. The molecule has 3 rings (SSSR count). The fourth-order valence-electron chi connectivity index (χ4n) is 2.31. The van der Waals surface area contributed by atoms with E-state index in [9.17, 15) is 9.18 Å². The van der Waals surface area contributed by atoms with Crippen LogP contribution >= 0.6 is 0 Å². The molecule has 1 aliphatic heterocycles. The van der Waals surface area contributed by atoms with Crippen molar-refractivity contribution in [2.75, 3.05) is 26.2 Å². The maximum atomic E-state index is 12.9. The average Bonchev–Trinajstić information content (AvgIpc) is 3.05. The Bertz CT molecular complexity index is 651. The number of hydrogen-bond acceptors (Lipinski definition) is 5. The van der Waals surface area contributed by atoms with Gasteiger partial charge in [0.15, 0.2) is 0 Å². The van der Waals surface area contributed by atoms with Crippen LogP contribution in [0.1, 0.15) is 5.69 Å². The third-order valence-electron chi connectivity index (χ3n) is 3.54. The van der Waals surface area contributed by atoms with E-state index < -0.39 is 6.10 Å². The zero-order chi connectivity index (χ0) is 16.1. The van der Waals surface area contributed by atoms with Gasteiger partial charge in [-0.25, -0.2) is 9.37 Å². The highest BCUT2D eigenvalue weighted by Crippen LogP contribution is 2.18. The monoisotopic (exact) mass is 319 g/mol. The molecule has 1 atom stereocenters. The largest absolute Gasteiger partial charge is 0.444 e. The number of amides is 1. The van der Waals surface area contributed by atoms with E-state index in [4.69, 9.17) is 9.15 Å². The number of benzene rings is 1. The SMILES string of the molecule is O=C(NCCc1coc(-c2ccc(F)cc2)n1)C1CNCCO1. The van der Waals surface area contributed by atoms with Crippen LogP contribution in [0.2, 0.25) is 0 Å². The van der Waals surface area contributed by atoms with E-state index in [1.165, 1.54) is 12.1 Å². The van der Waals surface area contributed by atoms with Crippen LogP contribution < -0.4 is 10.6 Å². The number of ether oxygens (including phenoxy) is 1. The van der Waals surface area contributed by atoms with Gasteiger partial charge >= 0.3 is 0 Å². The van der Waals surface area contributed by atoms with Gasteiger partial charge in [-0.05, 0) is 24.3 Å². The lowest BCUT2D eigenvalue weighted by Crippen LogP contribution is -2.48. The number of aromatic nitrogens is 1. The van der Waals surface area contributed by atoms with Crippen LogP contribution in [0.5, 0.6) is 0 Å². The Kier molecular flexibility index (Phi) is 4.99. The van der Waals surface area contributed by atoms with E-state index >= 15 is 0 Å². The molecular weight excluding hydrogens is 301 g/mol. The Morgan fingerprint density at radius 3 is 2.96 bits per heavy atom. The third-order valence-corrected chi connectivity index (χ3v) is 3.54. The maximum absolute atomic E-state index is 12.9. The molecule has 0 bridgehead atoms. The maximum Gasteiger partial charge on any atom is 0.250 e. The van der Waals surface area contributed by atoms with Crippen molar-refractivity contribution >= 4 is 5.91 Å². The molecule has 6 nitrogen and oxygen atoms in total. The van der Waals surface area contributed by atoms with Gasteiger partial charge in [-0.2, -0.15) is 0 Å². The Morgan fingerprint density at radius 1 is 1.39 bits per heavy atom. The van der Waals surface area contributed by atoms with E-state index in [1.54, 1.807) is 18.4 Å². The minimum absolute atomic E-state index is 0.126. The van der Waals surface area contributed by atoms with Crippen molar-refractivity contribution in [2.24, 2.45) is 0 Å². The van der Waals surface area contributed by atoms with Gasteiger partial charge in [0.1, 0.15) is 18.2 Å². The summed E-state index contributed by atoms with van der Waals surface area (Å²) in [5, 5.41) is 5.93. The Balaban J connectivity index is 1.49. The minimum Gasteiger partial charge on any atom is -0.444 e. The molecule has 122 valence electrons. The van der Waals surface area contributed by atoms with E-state index in [0.717, 1.165) is 12.2 Å². The van der Waals surface area contributed by atoms with Crippen molar-refractivity contribution in [3.05, 3.63) is 42.0 Å². The van der Waals surface area contributed by atoms with Crippen molar-refractivity contribution in [3.63, 3.8) is 0 Å². The quantitative estimate of drug-likeness (QED) is 0.864. The zero-order valence-electron chi connectivity index (χ0n) is 12.5. The van der Waals surface area contributed by atoms with Gasteiger partial charge in [0.2, 0.25) is 11.8 Å². The summed E-state index contributed by atoms with van der Waals surface area (Å²) in [5.74, 6) is 0.00765. The molecule has 1 aliphatic rings. The molecule has 2 N–H and O–H groups in total. The molecule has 0 spiro atoms. The Hall–Kier alpha value is -2.25. The van der Waals surface area contributed by atoms with E-state index in [1.807, 2.05) is 0 Å². The smallest absolute Gasteiger partial charge is 0.250 e. The molecule has 7 heteroatoms. The molecule has 0 radical (unpaired) electrons. The van der Waals surface area contributed by atoms with E-state index in [0.29, 0.717) is 37.6 Å². The molecule has 2 aromatic rings. The second-order valence-electron chi connectivity index (χ2n) is 5.26. The summed E-state index contributed by atoms with van der Waals surface area (Å²) in [6, 6.07) is 5.94. The second kappa shape index (κ2) is 7.34. The highest BCUT2D eigenvalue weighted by Gasteiger charge is 2.21. The summed E-state index contributed by atoms with van der Waals surface area (Å²) < 4.78 is 23.7. The lowest BCUT2D eigenvalue weighted by atomic mass is 10.2. The number of carbonyl (C=O) groups is 1. The van der Waals surface area contributed by atoms with Crippen molar-refractivity contribution in [2.45, 2.75) is 12.5 Å². The number of halogens is 1. The van der Waals surface area contributed by atoms with E-state index in [2.05, 4.69) is 15.6 Å². The van der Waals surface area contributed by atoms with Crippen LogP contribution in [0, 0.1) is 5.82 Å². The molecule has 1 saturated heterocycles. The van der Waals surface area contributed by atoms with E-state index in [-0.39, 0.29) is 11.7 Å². The van der Waals surface area contributed by atoms with Gasteiger partial charge in [-0.1, -0.05) is 0 Å². The first-order valence-corrected chi connectivity index (χ1v) is 7.53. The summed E-state index contributed by atoms with van der Waals surface area (Å²) >= 11 is 0. The van der Waals surface area contributed by atoms with Crippen LogP contribution in [0.4, 0.5) is 4.39 Å². The average molecular weight is 319 g/mol. The molecule has 1 fully saturated rings. The molecule has 0 aliphatic carbocycles. The number of rotatable bonds is 5. The molecule has 1 aromatic heterocycles. The molecule has 2 heterocycles. The van der Waals surface area contributed by atoms with Gasteiger partial charge in [0, 0.05) is 31.6 Å². The Morgan fingerprint density at radius 2 is 2.22 bits per heavy atom. The van der Waals surface area contributed by atoms with Gasteiger partial charge in [-0.3, -0.25) is 4.79 Å². The molecular formula is C16H18FN3O3. The summed E-state index contributed by atoms with van der Waals surface area (Å²) in [5.41, 5.74) is 1.44. The summed E-state index contributed by atoms with van der Waals surface area (Å²) in [4.78, 5) is 16.2. The number of nitrogens with zero attached hydrogens (tertiary/aromatic N) is 1. The standard InChI is InChI=1S/C16H18FN3O3/c17-12-3-1-11(2-4-12)16-20-13(10-23-16)5-6-19-15(21)14-9-18-7-8-22-14/h1-4,10,14,18H,5-9H2,(H,19,21). The number of oxazole rings is 1. The lowest BCUT2D eigenvalue weighted by molar-refractivity contribution is -0.134. The van der Waals surface area contributed by atoms with Crippen LogP contribution in [0.3, 0.4) is 0 Å². The normalized spacial score (nSPS) is 17.9. The fourth-order valence-corrected chi connectivity index (χ4v) is 2.31. The molecule has 1 unspecified atom stereocenters. The predicted molar refractivity (Wildman–Crippen MR) is 81.2 cm³/mol.